The molecule has 0 aliphatic carbocycles. The molecule has 0 saturated carbocycles. The summed E-state index contributed by atoms with van der Waals surface area (Å²) in [5.41, 5.74) is 0. The monoisotopic (exact) mass is 310 g/mol. The second-order valence-corrected chi connectivity index (χ2v) is 8.51. The summed E-state index contributed by atoms with van der Waals surface area (Å²) < 4.78 is 0. The van der Waals surface area contributed by atoms with Crippen molar-refractivity contribution in [1.29, 1.82) is 0 Å². The smallest absolute Gasteiger partial charge is 0.0391 e. The summed E-state index contributed by atoms with van der Waals surface area (Å²) in [6.45, 7) is 16.9. The van der Waals surface area contributed by atoms with E-state index in [4.69, 9.17) is 0 Å². The third kappa shape index (κ3) is 10.7. The summed E-state index contributed by atoms with van der Waals surface area (Å²) in [5, 5.41) is 0. The molecule has 134 valence electrons. The van der Waals surface area contributed by atoms with E-state index in [9.17, 15) is 0 Å². The molecule has 0 radical (unpaired) electrons. The molecule has 0 nitrogen and oxygen atoms in total. The topological polar surface area (TPSA) is 0 Å². The van der Waals surface area contributed by atoms with Crippen molar-refractivity contribution in [2.75, 3.05) is 0 Å². The molecule has 0 saturated heterocycles. The molecule has 4 unspecified atom stereocenters. The Balaban J connectivity index is 3.96. The largest absolute Gasteiger partial charge is 0.0654 e. The maximum atomic E-state index is 2.50. The number of rotatable bonds is 14. The minimum Gasteiger partial charge on any atom is -0.0654 e. The van der Waals surface area contributed by atoms with E-state index in [-0.39, 0.29) is 0 Å². The van der Waals surface area contributed by atoms with Crippen LogP contribution in [0.2, 0.25) is 0 Å². The van der Waals surface area contributed by atoms with Crippen molar-refractivity contribution in [1.82, 2.24) is 0 Å². The van der Waals surface area contributed by atoms with Crippen molar-refractivity contribution in [2.24, 2.45) is 29.6 Å². The van der Waals surface area contributed by atoms with Gasteiger partial charge in [0, 0.05) is 0 Å². The van der Waals surface area contributed by atoms with Gasteiger partial charge < -0.3 is 0 Å². The Morgan fingerprint density at radius 3 is 1.82 bits per heavy atom. The zero-order chi connectivity index (χ0) is 17.0. The second-order valence-electron chi connectivity index (χ2n) is 8.51. The van der Waals surface area contributed by atoms with Crippen LogP contribution in [0, 0.1) is 29.6 Å². The molecule has 0 amide bonds. The second kappa shape index (κ2) is 13.4. The lowest BCUT2D eigenvalue weighted by Gasteiger charge is -2.26. The SMILES string of the molecule is CCCCCCC(C)CC(C)C(C)CCC(CCC)C(C)C. The molecule has 0 fully saturated rings. The lowest BCUT2D eigenvalue weighted by atomic mass is 9.79. The van der Waals surface area contributed by atoms with Crippen LogP contribution in [0.15, 0.2) is 0 Å². The van der Waals surface area contributed by atoms with Gasteiger partial charge in [0.05, 0.1) is 0 Å². The lowest BCUT2D eigenvalue weighted by molar-refractivity contribution is 0.247. The van der Waals surface area contributed by atoms with Crippen LogP contribution in [0.4, 0.5) is 0 Å². The van der Waals surface area contributed by atoms with E-state index in [1.54, 1.807) is 0 Å². The van der Waals surface area contributed by atoms with E-state index in [1.165, 1.54) is 64.2 Å². The molecule has 0 rings (SSSR count). The number of hydrogen-bond donors (Lipinski definition) is 0. The summed E-state index contributed by atoms with van der Waals surface area (Å²) >= 11 is 0. The van der Waals surface area contributed by atoms with Crippen molar-refractivity contribution in [2.45, 2.75) is 113 Å². The molecule has 0 N–H and O–H groups in total. The predicted octanol–water partition coefficient (Wildman–Crippen LogP) is 8.11. The van der Waals surface area contributed by atoms with Crippen LogP contribution in [0.1, 0.15) is 113 Å². The van der Waals surface area contributed by atoms with E-state index < -0.39 is 0 Å². The van der Waals surface area contributed by atoms with E-state index in [2.05, 4.69) is 48.5 Å². The highest BCUT2D eigenvalue weighted by Gasteiger charge is 2.18. The molecule has 0 bridgehead atoms. The Kier molecular flexibility index (Phi) is 13.4. The summed E-state index contributed by atoms with van der Waals surface area (Å²) in [5.74, 6) is 4.53. The van der Waals surface area contributed by atoms with Crippen LogP contribution < -0.4 is 0 Å². The molecule has 0 aromatic heterocycles. The summed E-state index contributed by atoms with van der Waals surface area (Å²) in [6.07, 6.45) is 14.2. The van der Waals surface area contributed by atoms with E-state index >= 15 is 0 Å². The molecule has 0 heteroatoms. The highest BCUT2D eigenvalue weighted by molar-refractivity contribution is 4.70. The first-order valence-electron chi connectivity index (χ1n) is 10.4. The first-order chi connectivity index (χ1) is 10.4. The fourth-order valence-electron chi connectivity index (χ4n) is 3.85. The molecule has 22 heavy (non-hydrogen) atoms. The Hall–Kier alpha value is 0. The fraction of sp³-hybridized carbons (Fsp3) is 1.00. The third-order valence-corrected chi connectivity index (χ3v) is 5.89. The summed E-state index contributed by atoms with van der Waals surface area (Å²) in [7, 11) is 0. The standard InChI is InChI=1S/C22H46/c1-8-10-11-12-14-19(5)17-21(7)20(6)15-16-22(13-9-2)18(3)4/h18-22H,8-17H2,1-7H3. The Morgan fingerprint density at radius 1 is 0.591 bits per heavy atom. The van der Waals surface area contributed by atoms with Gasteiger partial charge in [0.15, 0.2) is 0 Å². The lowest BCUT2D eigenvalue weighted by Crippen LogP contribution is -2.15. The minimum absolute atomic E-state index is 0.861. The van der Waals surface area contributed by atoms with Crippen molar-refractivity contribution < 1.29 is 0 Å². The average molecular weight is 311 g/mol. The van der Waals surface area contributed by atoms with Crippen molar-refractivity contribution >= 4 is 0 Å². The Morgan fingerprint density at radius 2 is 1.27 bits per heavy atom. The number of hydrogen-bond acceptors (Lipinski definition) is 0. The van der Waals surface area contributed by atoms with E-state index in [0.29, 0.717) is 0 Å². The van der Waals surface area contributed by atoms with Crippen molar-refractivity contribution in [3.63, 3.8) is 0 Å². The van der Waals surface area contributed by atoms with Gasteiger partial charge in [-0.15, -0.1) is 0 Å². The van der Waals surface area contributed by atoms with Crippen LogP contribution in [0.5, 0.6) is 0 Å². The molecule has 0 aromatic rings. The van der Waals surface area contributed by atoms with Gasteiger partial charge in [-0.25, -0.2) is 0 Å². The predicted molar refractivity (Wildman–Crippen MR) is 103 cm³/mol. The van der Waals surface area contributed by atoms with Gasteiger partial charge in [-0.2, -0.15) is 0 Å². The van der Waals surface area contributed by atoms with E-state index in [0.717, 1.165) is 29.6 Å². The summed E-state index contributed by atoms with van der Waals surface area (Å²) in [4.78, 5) is 0. The van der Waals surface area contributed by atoms with Gasteiger partial charge in [0.25, 0.3) is 0 Å². The van der Waals surface area contributed by atoms with Crippen LogP contribution >= 0.6 is 0 Å². The molecular formula is C22H46. The quantitative estimate of drug-likeness (QED) is 0.284. The molecule has 0 heterocycles. The molecule has 0 aliphatic rings. The maximum Gasteiger partial charge on any atom is -0.0391 e. The summed E-state index contributed by atoms with van der Waals surface area (Å²) in [6, 6.07) is 0. The fourth-order valence-corrected chi connectivity index (χ4v) is 3.85. The average Bonchev–Trinajstić information content (AvgIpc) is 2.47. The van der Waals surface area contributed by atoms with Gasteiger partial charge in [-0.1, -0.05) is 99.8 Å². The minimum atomic E-state index is 0.861. The van der Waals surface area contributed by atoms with Gasteiger partial charge in [0.2, 0.25) is 0 Å². The van der Waals surface area contributed by atoms with Crippen LogP contribution in [0.25, 0.3) is 0 Å². The first kappa shape index (κ1) is 22.0. The van der Waals surface area contributed by atoms with Gasteiger partial charge >= 0.3 is 0 Å². The molecule has 0 aliphatic heterocycles. The van der Waals surface area contributed by atoms with E-state index in [1.807, 2.05) is 0 Å². The maximum absolute atomic E-state index is 2.50. The zero-order valence-corrected chi connectivity index (χ0v) is 17.0. The molecule has 4 atom stereocenters. The molecular weight excluding hydrogens is 264 g/mol. The van der Waals surface area contributed by atoms with Gasteiger partial charge in [-0.05, 0) is 42.4 Å². The van der Waals surface area contributed by atoms with Crippen LogP contribution in [0.3, 0.4) is 0 Å². The van der Waals surface area contributed by atoms with Crippen LogP contribution in [-0.4, -0.2) is 0 Å². The van der Waals surface area contributed by atoms with Crippen molar-refractivity contribution in [3.05, 3.63) is 0 Å². The highest BCUT2D eigenvalue weighted by Crippen LogP contribution is 2.30. The van der Waals surface area contributed by atoms with Gasteiger partial charge in [0.1, 0.15) is 0 Å². The van der Waals surface area contributed by atoms with Gasteiger partial charge in [-0.3, -0.25) is 0 Å². The van der Waals surface area contributed by atoms with Crippen LogP contribution in [-0.2, 0) is 0 Å². The normalized spacial score (nSPS) is 17.5. The van der Waals surface area contributed by atoms with Crippen molar-refractivity contribution in [3.8, 4) is 0 Å². The first-order valence-corrected chi connectivity index (χ1v) is 10.4. The third-order valence-electron chi connectivity index (χ3n) is 5.89. The number of unbranched alkanes of at least 4 members (excludes halogenated alkanes) is 3. The molecule has 0 aromatic carbocycles. The Labute approximate surface area is 142 Å². The zero-order valence-electron chi connectivity index (χ0n) is 17.0. The molecule has 0 spiro atoms. The Bertz CT molecular complexity index is 230. The highest BCUT2D eigenvalue weighted by atomic mass is 14.2.